The Morgan fingerprint density at radius 1 is 1.10 bits per heavy atom. The van der Waals surface area contributed by atoms with Gasteiger partial charge in [0.25, 0.3) is 0 Å². The van der Waals surface area contributed by atoms with Crippen LogP contribution in [0, 0.1) is 0 Å². The molecule has 2 aromatic rings. The fourth-order valence-electron chi connectivity index (χ4n) is 2.72. The summed E-state index contributed by atoms with van der Waals surface area (Å²) in [6.07, 6.45) is 0.515. The molecule has 1 aliphatic heterocycles. The Kier molecular flexibility index (Phi) is 6.30. The summed E-state index contributed by atoms with van der Waals surface area (Å²) in [6, 6.07) is 14.8. The van der Waals surface area contributed by atoms with E-state index in [-0.39, 0.29) is 36.5 Å². The van der Waals surface area contributed by atoms with Crippen LogP contribution in [0.3, 0.4) is 0 Å². The van der Waals surface area contributed by atoms with Crippen LogP contribution in [0.25, 0.3) is 0 Å². The highest BCUT2D eigenvalue weighted by Crippen LogP contribution is 2.23. The molecule has 0 bridgehead atoms. The van der Waals surface area contributed by atoms with E-state index in [1.807, 2.05) is 30.3 Å². The van der Waals surface area contributed by atoms with Crippen molar-refractivity contribution in [2.75, 3.05) is 18.4 Å². The number of anilines is 1. The topological polar surface area (TPSA) is 105 Å². The van der Waals surface area contributed by atoms with Crippen LogP contribution in [0.1, 0.15) is 5.56 Å². The van der Waals surface area contributed by atoms with Crippen molar-refractivity contribution in [2.24, 2.45) is 0 Å². The van der Waals surface area contributed by atoms with Crippen LogP contribution < -0.4 is 10.6 Å². The zero-order chi connectivity index (χ0) is 20.9. The zero-order valence-electron chi connectivity index (χ0n) is 15.6. The molecule has 0 aliphatic carbocycles. The first-order chi connectivity index (χ1) is 13.9. The highest BCUT2D eigenvalue weighted by Gasteiger charge is 2.37. The maximum atomic E-state index is 12.6. The lowest BCUT2D eigenvalue weighted by molar-refractivity contribution is -0.117. The summed E-state index contributed by atoms with van der Waals surface area (Å²) in [7, 11) is -3.66. The molecule has 8 nitrogen and oxygen atoms in total. The summed E-state index contributed by atoms with van der Waals surface area (Å²) < 4.78 is 31.6. The van der Waals surface area contributed by atoms with Gasteiger partial charge in [-0.1, -0.05) is 36.9 Å². The van der Waals surface area contributed by atoms with Gasteiger partial charge in [0.15, 0.2) is 0 Å². The monoisotopic (exact) mass is 415 g/mol. The number of nitrogens with zero attached hydrogens (tertiary/aromatic N) is 1. The fourth-order valence-corrected chi connectivity index (χ4v) is 4.25. The average molecular weight is 415 g/mol. The summed E-state index contributed by atoms with van der Waals surface area (Å²) >= 11 is 0. The van der Waals surface area contributed by atoms with E-state index in [0.29, 0.717) is 5.69 Å². The lowest BCUT2D eigenvalue weighted by Crippen LogP contribution is -2.60. The molecule has 2 amide bonds. The molecule has 0 spiro atoms. The van der Waals surface area contributed by atoms with Gasteiger partial charge < -0.3 is 10.1 Å². The van der Waals surface area contributed by atoms with Gasteiger partial charge in [-0.15, -0.1) is 0 Å². The van der Waals surface area contributed by atoms with Gasteiger partial charge in [-0.25, -0.2) is 13.2 Å². The molecule has 0 saturated carbocycles. The van der Waals surface area contributed by atoms with E-state index in [4.69, 9.17) is 4.74 Å². The molecule has 1 fully saturated rings. The number of nitrogens with one attached hydrogen (secondary N) is 2. The minimum atomic E-state index is -3.66. The zero-order valence-corrected chi connectivity index (χ0v) is 16.4. The molecule has 1 saturated heterocycles. The van der Waals surface area contributed by atoms with Gasteiger partial charge >= 0.3 is 6.09 Å². The molecule has 3 rings (SSSR count). The van der Waals surface area contributed by atoms with Crippen LogP contribution in [0.2, 0.25) is 0 Å². The number of rotatable bonds is 7. The van der Waals surface area contributed by atoms with Gasteiger partial charge in [0.1, 0.15) is 6.61 Å². The van der Waals surface area contributed by atoms with Gasteiger partial charge in [0, 0.05) is 18.8 Å². The second-order valence-electron chi connectivity index (χ2n) is 6.44. The molecule has 9 heteroatoms. The third-order valence-electron chi connectivity index (χ3n) is 4.33. The first-order valence-electron chi connectivity index (χ1n) is 8.89. The highest BCUT2D eigenvalue weighted by atomic mass is 32.2. The SMILES string of the molecule is C=CC(=O)NC1CN(S(=O)(=O)c2ccc(NC(=O)OCc3ccccc3)cc2)C1. The Morgan fingerprint density at radius 3 is 2.38 bits per heavy atom. The summed E-state index contributed by atoms with van der Waals surface area (Å²) in [5, 5.41) is 5.21. The van der Waals surface area contributed by atoms with Crippen LogP contribution >= 0.6 is 0 Å². The van der Waals surface area contributed by atoms with Crippen molar-refractivity contribution in [3.05, 3.63) is 72.8 Å². The lowest BCUT2D eigenvalue weighted by Gasteiger charge is -2.38. The maximum Gasteiger partial charge on any atom is 0.411 e. The molecule has 2 aromatic carbocycles. The van der Waals surface area contributed by atoms with Crippen molar-refractivity contribution in [1.82, 2.24) is 9.62 Å². The molecule has 2 N–H and O–H groups in total. The summed E-state index contributed by atoms with van der Waals surface area (Å²) in [5.74, 6) is -0.332. The summed E-state index contributed by atoms with van der Waals surface area (Å²) in [6.45, 7) is 3.90. The van der Waals surface area contributed by atoms with E-state index in [9.17, 15) is 18.0 Å². The molecule has 29 heavy (non-hydrogen) atoms. The molecule has 1 aliphatic rings. The lowest BCUT2D eigenvalue weighted by atomic mass is 10.2. The first-order valence-corrected chi connectivity index (χ1v) is 10.3. The second-order valence-corrected chi connectivity index (χ2v) is 8.38. The smallest absolute Gasteiger partial charge is 0.411 e. The van der Waals surface area contributed by atoms with Crippen LogP contribution in [0.15, 0.2) is 72.1 Å². The number of ether oxygens (including phenoxy) is 1. The van der Waals surface area contributed by atoms with Gasteiger partial charge in [0.2, 0.25) is 15.9 Å². The number of carbonyl (C=O) groups is 2. The van der Waals surface area contributed by atoms with Crippen LogP contribution in [-0.2, 0) is 26.2 Å². The summed E-state index contributed by atoms with van der Waals surface area (Å²) in [5.41, 5.74) is 1.28. The van der Waals surface area contributed by atoms with Gasteiger partial charge in [-0.2, -0.15) is 4.31 Å². The summed E-state index contributed by atoms with van der Waals surface area (Å²) in [4.78, 5) is 23.2. The van der Waals surface area contributed by atoms with Crippen molar-refractivity contribution >= 4 is 27.7 Å². The standard InChI is InChI=1S/C20H21N3O5S/c1-2-19(24)21-17-12-23(13-17)29(26,27)18-10-8-16(9-11-18)22-20(25)28-14-15-6-4-3-5-7-15/h2-11,17H,1,12-14H2,(H,21,24)(H,22,25). The fraction of sp³-hybridized carbons (Fsp3) is 0.200. The minimum absolute atomic E-state index is 0.106. The van der Waals surface area contributed by atoms with E-state index in [1.54, 1.807) is 0 Å². The van der Waals surface area contributed by atoms with Gasteiger partial charge in [-0.05, 0) is 35.9 Å². The largest absolute Gasteiger partial charge is 0.444 e. The van der Waals surface area contributed by atoms with Crippen molar-refractivity contribution in [3.8, 4) is 0 Å². The molecule has 152 valence electrons. The van der Waals surface area contributed by atoms with Crippen LogP contribution in [0.5, 0.6) is 0 Å². The number of sulfonamides is 1. The van der Waals surface area contributed by atoms with E-state index >= 15 is 0 Å². The Morgan fingerprint density at radius 2 is 1.76 bits per heavy atom. The first kappa shape index (κ1) is 20.6. The van der Waals surface area contributed by atoms with Crippen LogP contribution in [0.4, 0.5) is 10.5 Å². The average Bonchev–Trinajstić information content (AvgIpc) is 2.69. The predicted molar refractivity (Wildman–Crippen MR) is 108 cm³/mol. The Labute approximate surface area is 169 Å². The van der Waals surface area contributed by atoms with Crippen molar-refractivity contribution in [1.29, 1.82) is 0 Å². The third kappa shape index (κ3) is 5.21. The third-order valence-corrected chi connectivity index (χ3v) is 6.18. The Bertz CT molecular complexity index is 985. The maximum absolute atomic E-state index is 12.6. The number of hydrogen-bond acceptors (Lipinski definition) is 5. The van der Waals surface area contributed by atoms with E-state index in [1.165, 1.54) is 28.6 Å². The van der Waals surface area contributed by atoms with E-state index in [2.05, 4.69) is 17.2 Å². The van der Waals surface area contributed by atoms with Crippen molar-refractivity contribution in [2.45, 2.75) is 17.5 Å². The number of amides is 2. The normalized spacial score (nSPS) is 14.5. The van der Waals surface area contributed by atoms with Crippen molar-refractivity contribution < 1.29 is 22.7 Å². The Hall–Kier alpha value is -3.17. The number of benzene rings is 2. The van der Waals surface area contributed by atoms with E-state index in [0.717, 1.165) is 11.6 Å². The highest BCUT2D eigenvalue weighted by molar-refractivity contribution is 7.89. The van der Waals surface area contributed by atoms with Gasteiger partial charge in [-0.3, -0.25) is 10.1 Å². The molecule has 0 aromatic heterocycles. The number of carbonyl (C=O) groups excluding carboxylic acids is 2. The molecular formula is C20H21N3O5S. The molecule has 0 radical (unpaired) electrons. The molecule has 0 unspecified atom stereocenters. The minimum Gasteiger partial charge on any atom is -0.444 e. The Balaban J connectivity index is 1.52. The molecule has 0 atom stereocenters. The quantitative estimate of drug-likeness (QED) is 0.674. The number of hydrogen-bond donors (Lipinski definition) is 2. The molecular weight excluding hydrogens is 394 g/mol. The predicted octanol–water partition coefficient (Wildman–Crippen LogP) is 2.11. The van der Waals surface area contributed by atoms with Crippen molar-refractivity contribution in [3.63, 3.8) is 0 Å². The van der Waals surface area contributed by atoms with Crippen LogP contribution in [-0.4, -0.2) is 43.9 Å². The second kappa shape index (κ2) is 8.89. The molecule has 1 heterocycles. The van der Waals surface area contributed by atoms with E-state index < -0.39 is 16.1 Å². The van der Waals surface area contributed by atoms with Gasteiger partial charge in [0.05, 0.1) is 10.9 Å².